The van der Waals surface area contributed by atoms with Gasteiger partial charge in [0.05, 0.1) is 0 Å². The SMILES string of the molecule is CC(C)c1cccc(C(C)C)c1[N+]1=C([B-](Br)(Br)Br)[C@]2(C)CC[C@@]1(C)C[C@@H]2C. The van der Waals surface area contributed by atoms with Gasteiger partial charge in [-0.2, -0.15) is 0 Å². The van der Waals surface area contributed by atoms with E-state index in [1.54, 1.807) is 0 Å². The summed E-state index contributed by atoms with van der Waals surface area (Å²) in [5.74, 6) is 1.67. The summed E-state index contributed by atoms with van der Waals surface area (Å²) in [6, 6.07) is 6.93. The summed E-state index contributed by atoms with van der Waals surface area (Å²) in [5, 5.41) is 0. The Hall–Kier alpha value is 0.395. The second-order valence-corrected chi connectivity index (χ2v) is 17.7. The second-order valence-electron chi connectivity index (χ2n) is 9.91. The summed E-state index contributed by atoms with van der Waals surface area (Å²) in [7, 11) is 0. The number of hydrogen-bond acceptors (Lipinski definition) is 0. The summed E-state index contributed by atoms with van der Waals surface area (Å²) in [4.78, 5) is 0. The van der Waals surface area contributed by atoms with Gasteiger partial charge in [0.25, 0.3) is 2.62 Å². The Kier molecular flexibility index (Phi) is 5.95. The minimum Gasteiger partial charge on any atom is -0.314 e. The molecule has 1 aromatic rings. The van der Waals surface area contributed by atoms with Crippen molar-refractivity contribution < 1.29 is 4.58 Å². The average molecular weight is 562 g/mol. The highest BCUT2D eigenvalue weighted by atomic mass is 79.9. The third-order valence-electron chi connectivity index (χ3n) is 7.26. The van der Waals surface area contributed by atoms with Crippen LogP contribution in [0.15, 0.2) is 18.2 Å². The van der Waals surface area contributed by atoms with Gasteiger partial charge in [0.1, 0.15) is 0 Å². The largest absolute Gasteiger partial charge is 0.314 e. The van der Waals surface area contributed by atoms with Gasteiger partial charge in [-0.25, -0.2) is 4.58 Å². The fourth-order valence-electron chi connectivity index (χ4n) is 5.57. The molecule has 1 aliphatic carbocycles. The Bertz CT molecular complexity index is 754. The van der Waals surface area contributed by atoms with Crippen molar-refractivity contribution in [1.82, 2.24) is 0 Å². The molecule has 27 heavy (non-hydrogen) atoms. The van der Waals surface area contributed by atoms with Gasteiger partial charge in [-0.05, 0) is 24.2 Å². The van der Waals surface area contributed by atoms with Gasteiger partial charge in [0, 0.05) is 41.9 Å². The number of halogens is 3. The molecule has 0 radical (unpaired) electrons. The summed E-state index contributed by atoms with van der Waals surface area (Å²) in [6.07, 6.45) is 3.75. The Balaban J connectivity index is 2.48. The van der Waals surface area contributed by atoms with Crippen molar-refractivity contribution in [2.24, 2.45) is 11.3 Å². The van der Waals surface area contributed by atoms with Crippen molar-refractivity contribution in [3.05, 3.63) is 29.3 Å². The maximum absolute atomic E-state index is 4.01. The van der Waals surface area contributed by atoms with Gasteiger partial charge in [-0.1, -0.05) is 59.7 Å². The fraction of sp³-hybridized carbons (Fsp3) is 0.682. The average Bonchev–Trinajstić information content (AvgIpc) is 2.54. The van der Waals surface area contributed by atoms with E-state index in [-0.39, 0.29) is 11.0 Å². The minimum atomic E-state index is -1.14. The molecule has 1 nitrogen and oxygen atoms in total. The van der Waals surface area contributed by atoms with Gasteiger partial charge in [0.15, 0.2) is 5.54 Å². The lowest BCUT2D eigenvalue weighted by Gasteiger charge is -2.56. The summed E-state index contributed by atoms with van der Waals surface area (Å²) in [6.45, 7) is 16.7. The smallest absolute Gasteiger partial charge is 0.277 e. The van der Waals surface area contributed by atoms with Gasteiger partial charge in [0.2, 0.25) is 5.69 Å². The van der Waals surface area contributed by atoms with Gasteiger partial charge < -0.3 is 47.3 Å². The Morgan fingerprint density at radius 1 is 1.00 bits per heavy atom. The van der Waals surface area contributed by atoms with Crippen LogP contribution in [-0.4, -0.2) is 18.3 Å². The molecule has 150 valence electrons. The minimum absolute atomic E-state index is 0.156. The lowest BCUT2D eigenvalue weighted by atomic mass is 9.53. The van der Waals surface area contributed by atoms with Crippen LogP contribution in [0, 0.1) is 11.3 Å². The molecule has 0 saturated heterocycles. The molecular formula is C22H33BBr3N. The van der Waals surface area contributed by atoms with Crippen molar-refractivity contribution >= 4 is 61.2 Å². The number of fused-ring (bicyclic) bond motifs is 2. The Morgan fingerprint density at radius 3 is 1.93 bits per heavy atom. The highest BCUT2D eigenvalue weighted by Gasteiger charge is 2.61. The zero-order valence-corrected chi connectivity index (χ0v) is 22.5. The first-order valence-corrected chi connectivity index (χ1v) is 13.1. The lowest BCUT2D eigenvalue weighted by Crippen LogP contribution is -2.64. The predicted octanol–water partition coefficient (Wildman–Crippen LogP) is 8.28. The number of rotatable bonds is 4. The molecule has 2 aliphatic heterocycles. The van der Waals surface area contributed by atoms with Crippen LogP contribution in [0.2, 0.25) is 0 Å². The molecule has 0 amide bonds. The number of hydrogen-bond donors (Lipinski definition) is 0. The van der Waals surface area contributed by atoms with Crippen LogP contribution >= 0.6 is 47.3 Å². The topological polar surface area (TPSA) is 3.01 Å². The third kappa shape index (κ3) is 3.56. The Morgan fingerprint density at radius 2 is 1.52 bits per heavy atom. The van der Waals surface area contributed by atoms with E-state index in [4.69, 9.17) is 0 Å². The molecule has 0 spiro atoms. The maximum Gasteiger partial charge on any atom is 0.277 e. The third-order valence-corrected chi connectivity index (χ3v) is 8.56. The molecular weight excluding hydrogens is 529 g/mol. The molecule has 1 aromatic carbocycles. The zero-order chi connectivity index (χ0) is 20.4. The zero-order valence-electron chi connectivity index (χ0n) is 17.7. The molecule has 4 rings (SSSR count). The van der Waals surface area contributed by atoms with Crippen LogP contribution in [0.5, 0.6) is 0 Å². The first-order valence-electron chi connectivity index (χ1n) is 10.3. The van der Waals surface area contributed by atoms with Crippen LogP contribution in [0.4, 0.5) is 5.69 Å². The summed E-state index contributed by atoms with van der Waals surface area (Å²) < 4.78 is 1.61. The number of nitrogens with zero attached hydrogens (tertiary/aromatic N) is 1. The van der Waals surface area contributed by atoms with Crippen LogP contribution in [-0.2, 0) is 0 Å². The van der Waals surface area contributed by atoms with E-state index in [2.05, 4.69) is 119 Å². The first-order chi connectivity index (χ1) is 12.3. The van der Waals surface area contributed by atoms with E-state index < -0.39 is 2.62 Å². The van der Waals surface area contributed by atoms with Crippen LogP contribution in [0.25, 0.3) is 0 Å². The molecule has 1 saturated carbocycles. The molecule has 0 aromatic heterocycles. The van der Waals surface area contributed by atoms with Crippen molar-refractivity contribution in [2.45, 2.75) is 85.1 Å². The molecule has 0 unspecified atom stereocenters. The summed E-state index contributed by atoms with van der Waals surface area (Å²) in [5.41, 5.74) is 6.23. The monoisotopic (exact) mass is 559 g/mol. The van der Waals surface area contributed by atoms with Crippen molar-refractivity contribution in [2.75, 3.05) is 0 Å². The van der Waals surface area contributed by atoms with Crippen molar-refractivity contribution in [1.29, 1.82) is 0 Å². The molecule has 2 bridgehead atoms. The first kappa shape index (κ1) is 22.1. The number of benzene rings is 1. The van der Waals surface area contributed by atoms with Gasteiger partial charge >= 0.3 is 0 Å². The van der Waals surface area contributed by atoms with E-state index in [1.807, 2.05) is 0 Å². The molecule has 0 N–H and O–H groups in total. The fourth-order valence-corrected chi connectivity index (χ4v) is 7.76. The van der Waals surface area contributed by atoms with E-state index in [0.717, 1.165) is 0 Å². The van der Waals surface area contributed by atoms with Crippen molar-refractivity contribution in [3.63, 3.8) is 0 Å². The molecule has 1 fully saturated rings. The highest BCUT2D eigenvalue weighted by molar-refractivity contribution is 9.73. The second kappa shape index (κ2) is 7.27. The van der Waals surface area contributed by atoms with Gasteiger partial charge in [-0.3, -0.25) is 0 Å². The Labute approximate surface area is 190 Å². The van der Waals surface area contributed by atoms with E-state index in [0.29, 0.717) is 17.8 Å². The normalized spacial score (nSPS) is 31.3. The summed E-state index contributed by atoms with van der Waals surface area (Å²) >= 11 is 12.0. The molecule has 5 heteroatoms. The lowest BCUT2D eigenvalue weighted by molar-refractivity contribution is -0.555. The predicted molar refractivity (Wildman–Crippen MR) is 132 cm³/mol. The van der Waals surface area contributed by atoms with E-state index in [1.165, 1.54) is 41.7 Å². The van der Waals surface area contributed by atoms with Crippen LogP contribution in [0.3, 0.4) is 0 Å². The van der Waals surface area contributed by atoms with Crippen LogP contribution in [0.1, 0.15) is 90.7 Å². The molecule has 2 heterocycles. The number of para-hydroxylation sites is 1. The highest BCUT2D eigenvalue weighted by Crippen LogP contribution is 2.58. The van der Waals surface area contributed by atoms with E-state index >= 15 is 0 Å². The quantitative estimate of drug-likeness (QED) is 0.257. The maximum atomic E-state index is 4.01. The molecule has 3 aliphatic rings. The molecule has 3 atom stereocenters. The van der Waals surface area contributed by atoms with Crippen molar-refractivity contribution in [3.8, 4) is 0 Å². The van der Waals surface area contributed by atoms with Crippen LogP contribution < -0.4 is 0 Å². The van der Waals surface area contributed by atoms with Gasteiger partial charge in [-0.15, -0.1) is 0 Å². The standard InChI is InChI=1S/C22H33BBr3N/c1-14(2)17-9-8-10-18(15(3)4)19(17)27-20(23(24,25)26)22(7)12-11-21(27,6)13-16(22)5/h8-10,14-16H,11-13H2,1-7H3/t16-,21-,22+/m0/s1. The van der Waals surface area contributed by atoms with E-state index in [9.17, 15) is 0 Å².